The molecule has 0 saturated carbocycles. The van der Waals surface area contributed by atoms with Gasteiger partial charge in [-0.05, 0) is 17.0 Å². The Labute approximate surface area is 274 Å². The molecule has 0 bridgehead atoms. The molecule has 0 spiro atoms. The maximum Gasteiger partial charge on any atom is 0.408 e. The van der Waals surface area contributed by atoms with Crippen molar-refractivity contribution in [2.24, 2.45) is 10.9 Å². The Hall–Kier alpha value is -5.05. The molecule has 0 aliphatic heterocycles. The summed E-state index contributed by atoms with van der Waals surface area (Å²) in [5.41, 5.74) is 0.984. The molecule has 0 aromatic heterocycles. The van der Waals surface area contributed by atoms with E-state index in [1.54, 1.807) is 74.5 Å². The highest BCUT2D eigenvalue weighted by Crippen LogP contribution is 2.16. The van der Waals surface area contributed by atoms with Crippen molar-refractivity contribution in [1.82, 2.24) is 21.3 Å². The lowest BCUT2D eigenvalue weighted by atomic mass is 10.00. The van der Waals surface area contributed by atoms with E-state index in [2.05, 4.69) is 26.3 Å². The molecule has 0 unspecified atom stereocenters. The second-order valence-corrected chi connectivity index (χ2v) is 12.8. The van der Waals surface area contributed by atoms with Gasteiger partial charge in [-0.2, -0.15) is 0 Å². The molecule has 0 radical (unpaired) electrons. The van der Waals surface area contributed by atoms with Gasteiger partial charge in [0, 0.05) is 31.3 Å². The second-order valence-electron chi connectivity index (χ2n) is 10.9. The second kappa shape index (κ2) is 18.8. The van der Waals surface area contributed by atoms with Gasteiger partial charge in [0.05, 0.1) is 12.5 Å². The Morgan fingerprint density at radius 3 is 2.04 bits per heavy atom. The third-order valence-corrected chi connectivity index (χ3v) is 7.21. The normalized spacial score (nSPS) is 14.1. The lowest BCUT2D eigenvalue weighted by molar-refractivity contribution is -0.140. The minimum Gasteiger partial charge on any atom is -0.481 e. The van der Waals surface area contributed by atoms with Crippen LogP contribution in [0.3, 0.4) is 0 Å². The van der Waals surface area contributed by atoms with E-state index in [1.165, 1.54) is 19.3 Å². The molecule has 0 aliphatic carbocycles. The van der Waals surface area contributed by atoms with Gasteiger partial charge in [0.25, 0.3) is 0 Å². The fourth-order valence-corrected chi connectivity index (χ4v) is 4.64. The summed E-state index contributed by atoms with van der Waals surface area (Å²) in [7, 11) is -1.96. The average Bonchev–Trinajstić information content (AvgIpc) is 3.02. The number of carbonyl (C=O) groups excluding carboxylic acids is 4. The minimum absolute atomic E-state index is 0.127. The maximum atomic E-state index is 13.7. The number of carbonyl (C=O) groups is 5. The molecule has 2 rings (SSSR count). The van der Waals surface area contributed by atoms with Crippen molar-refractivity contribution < 1.29 is 42.2 Å². The minimum atomic E-state index is -3.48. The predicted octanol–water partition coefficient (Wildman–Crippen LogP) is 1.89. The van der Waals surface area contributed by atoms with Gasteiger partial charge in [-0.15, -0.1) is 0 Å². The van der Waals surface area contributed by atoms with Crippen LogP contribution in [0.5, 0.6) is 0 Å². The first-order valence-electron chi connectivity index (χ1n) is 14.6. The van der Waals surface area contributed by atoms with Crippen molar-refractivity contribution >= 4 is 45.8 Å². The Kier molecular flexibility index (Phi) is 15.3. The zero-order valence-corrected chi connectivity index (χ0v) is 27.4. The molecule has 15 heteroatoms. The zero-order valence-electron chi connectivity index (χ0n) is 26.6. The van der Waals surface area contributed by atoms with Gasteiger partial charge in [0.2, 0.25) is 17.7 Å². The van der Waals surface area contributed by atoms with Crippen LogP contribution in [0.15, 0.2) is 77.1 Å². The van der Waals surface area contributed by atoms with Gasteiger partial charge >= 0.3 is 12.1 Å². The third kappa shape index (κ3) is 14.3. The number of amides is 4. The van der Waals surface area contributed by atoms with E-state index in [1.807, 2.05) is 0 Å². The van der Waals surface area contributed by atoms with E-state index in [4.69, 9.17) is 4.74 Å². The van der Waals surface area contributed by atoms with Gasteiger partial charge < -0.3 is 36.1 Å². The summed E-state index contributed by atoms with van der Waals surface area (Å²) in [4.78, 5) is 68.3. The number of benzene rings is 2. The van der Waals surface area contributed by atoms with Crippen molar-refractivity contribution in [2.75, 3.05) is 13.3 Å². The first-order valence-corrected chi connectivity index (χ1v) is 16.6. The molecule has 0 aliphatic rings. The topological polar surface area (TPSA) is 209 Å². The number of carboxylic acid groups (broad SMARTS) is 1. The van der Waals surface area contributed by atoms with Gasteiger partial charge in [0.1, 0.15) is 24.7 Å². The SMILES string of the molecule is C/N=C/C[C@@H](/C=C/S(C)(=O)=O)NC(=O)[C@@H](NC(=O)[C@@H](NC(=O)[C@H](CC(=O)O)NC(=O)OCc1ccccc1)c1ccccc1)C(C)C. The van der Waals surface area contributed by atoms with Crippen LogP contribution in [-0.2, 0) is 40.4 Å². The summed E-state index contributed by atoms with van der Waals surface area (Å²) in [5, 5.41) is 20.5. The first-order chi connectivity index (χ1) is 22.2. The van der Waals surface area contributed by atoms with Gasteiger partial charge in [-0.3, -0.25) is 19.2 Å². The summed E-state index contributed by atoms with van der Waals surface area (Å²) in [6.45, 7) is 3.24. The highest BCUT2D eigenvalue weighted by Gasteiger charge is 2.33. The number of nitrogens with zero attached hydrogens (tertiary/aromatic N) is 1. The molecule has 254 valence electrons. The lowest BCUT2D eigenvalue weighted by Crippen LogP contribution is -2.55. The standard InChI is InChI=1S/C32H41N5O9S/c1-21(2)27(30(41)34-24(15-17-33-3)16-18-47(4,44)45)36-31(42)28(23-13-9-6-10-14-23)37-29(40)25(19-26(38)39)35-32(43)46-20-22-11-7-5-8-12-22/h5-14,16-18,21,24-25,27-28H,15,19-20H2,1-4H3,(H,34,41)(H,35,43)(H,36,42)(H,37,40)(H,38,39)/b18-16+,33-17+/t24-,25-,27-,28-/m0/s1. The number of rotatable bonds is 17. The predicted molar refractivity (Wildman–Crippen MR) is 175 cm³/mol. The molecule has 0 fully saturated rings. The van der Waals surface area contributed by atoms with E-state index in [0.717, 1.165) is 11.7 Å². The quantitative estimate of drug-likeness (QED) is 0.155. The zero-order chi connectivity index (χ0) is 35.0. The fourth-order valence-electron chi connectivity index (χ4n) is 4.17. The third-order valence-electron chi connectivity index (χ3n) is 6.56. The highest BCUT2D eigenvalue weighted by molar-refractivity contribution is 7.93. The van der Waals surface area contributed by atoms with Crippen LogP contribution in [0.4, 0.5) is 4.79 Å². The molecule has 4 amide bonds. The summed E-state index contributed by atoms with van der Waals surface area (Å²) in [5.74, 6) is -4.24. The van der Waals surface area contributed by atoms with Crippen LogP contribution in [0, 0.1) is 5.92 Å². The van der Waals surface area contributed by atoms with E-state index in [-0.39, 0.29) is 13.0 Å². The summed E-state index contributed by atoms with van der Waals surface area (Å²) < 4.78 is 28.4. The monoisotopic (exact) mass is 671 g/mol. The van der Waals surface area contributed by atoms with Crippen molar-refractivity contribution in [3.8, 4) is 0 Å². The average molecular weight is 672 g/mol. The molecular formula is C32H41N5O9S. The van der Waals surface area contributed by atoms with Crippen LogP contribution in [0.2, 0.25) is 0 Å². The molecular weight excluding hydrogens is 630 g/mol. The highest BCUT2D eigenvalue weighted by atomic mass is 32.2. The molecule has 47 heavy (non-hydrogen) atoms. The number of aliphatic imine (C=N–C) groups is 1. The lowest BCUT2D eigenvalue weighted by Gasteiger charge is -2.27. The van der Waals surface area contributed by atoms with Crippen molar-refractivity contribution in [1.29, 1.82) is 0 Å². The van der Waals surface area contributed by atoms with E-state index >= 15 is 0 Å². The molecule has 2 aromatic rings. The summed E-state index contributed by atoms with van der Waals surface area (Å²) >= 11 is 0. The molecule has 5 N–H and O–H groups in total. The summed E-state index contributed by atoms with van der Waals surface area (Å²) in [6.07, 6.45) is 2.15. The maximum absolute atomic E-state index is 13.7. The molecule has 2 aromatic carbocycles. The molecule has 4 atom stereocenters. The van der Waals surface area contributed by atoms with E-state index < -0.39 is 76.1 Å². The van der Waals surface area contributed by atoms with Crippen LogP contribution >= 0.6 is 0 Å². The van der Waals surface area contributed by atoms with Crippen LogP contribution in [0.1, 0.15) is 43.9 Å². The summed E-state index contributed by atoms with van der Waals surface area (Å²) in [6, 6.07) is 11.9. The number of hydrogen-bond acceptors (Lipinski definition) is 9. The smallest absolute Gasteiger partial charge is 0.408 e. The van der Waals surface area contributed by atoms with Crippen molar-refractivity contribution in [3.05, 3.63) is 83.3 Å². The van der Waals surface area contributed by atoms with Crippen LogP contribution in [-0.4, -0.2) is 81.0 Å². The molecule has 0 heterocycles. The van der Waals surface area contributed by atoms with Gasteiger partial charge in [-0.1, -0.05) is 80.6 Å². The largest absolute Gasteiger partial charge is 0.481 e. The van der Waals surface area contributed by atoms with E-state index in [0.29, 0.717) is 11.1 Å². The number of alkyl carbamates (subject to hydrolysis) is 1. The van der Waals surface area contributed by atoms with Crippen LogP contribution < -0.4 is 21.3 Å². The molecule has 14 nitrogen and oxygen atoms in total. The van der Waals surface area contributed by atoms with Crippen molar-refractivity contribution in [3.63, 3.8) is 0 Å². The number of hydrogen-bond donors (Lipinski definition) is 5. The number of aliphatic carboxylic acids is 1. The number of sulfone groups is 1. The van der Waals surface area contributed by atoms with Crippen LogP contribution in [0.25, 0.3) is 0 Å². The van der Waals surface area contributed by atoms with Gasteiger partial charge in [-0.25, -0.2) is 13.2 Å². The fraction of sp³-hybridized carbons (Fsp3) is 0.375. The Balaban J connectivity index is 2.26. The van der Waals surface area contributed by atoms with Crippen molar-refractivity contribution in [2.45, 2.75) is 57.5 Å². The molecule has 0 saturated heterocycles. The Morgan fingerprint density at radius 1 is 0.872 bits per heavy atom. The van der Waals surface area contributed by atoms with E-state index in [9.17, 15) is 37.5 Å². The number of carboxylic acids is 1. The Morgan fingerprint density at radius 2 is 1.49 bits per heavy atom. The first kappa shape index (κ1) is 38.1. The number of ether oxygens (including phenoxy) is 1. The Bertz CT molecular complexity index is 1530. The van der Waals surface area contributed by atoms with Gasteiger partial charge in [0.15, 0.2) is 9.84 Å². The number of nitrogens with one attached hydrogen (secondary N) is 4.